The van der Waals surface area contributed by atoms with Gasteiger partial charge in [-0.1, -0.05) is 49.0 Å². The highest BCUT2D eigenvalue weighted by atomic mass is 16.1. The van der Waals surface area contributed by atoms with E-state index in [4.69, 9.17) is 0 Å². The maximum absolute atomic E-state index is 12.2. The summed E-state index contributed by atoms with van der Waals surface area (Å²) in [5.41, 5.74) is 8.24. The number of carbonyl (C=O) groups is 3. The van der Waals surface area contributed by atoms with E-state index < -0.39 is 0 Å². The Hall–Kier alpha value is -4.53. The number of benzene rings is 3. The lowest BCUT2D eigenvalue weighted by Gasteiger charge is -2.18. The van der Waals surface area contributed by atoms with Crippen LogP contribution in [0.25, 0.3) is 0 Å². The van der Waals surface area contributed by atoms with Crippen molar-refractivity contribution in [2.24, 2.45) is 17.8 Å². The average Bonchev–Trinajstić information content (AvgIpc) is 3.05. The van der Waals surface area contributed by atoms with Crippen molar-refractivity contribution in [3.63, 3.8) is 0 Å². The molecule has 0 amide bonds. The first-order valence-electron chi connectivity index (χ1n) is 21.0. The van der Waals surface area contributed by atoms with Crippen LogP contribution in [0.4, 0.5) is 34.1 Å². The first kappa shape index (κ1) is 53.5. The van der Waals surface area contributed by atoms with Gasteiger partial charge in [-0.3, -0.25) is 14.4 Å². The molecule has 0 heterocycles. The van der Waals surface area contributed by atoms with E-state index in [1.165, 1.54) is 0 Å². The maximum Gasteiger partial charge on any atom is 0.165 e. The molecule has 0 aliphatic carbocycles. The molecule has 0 atom stereocenters. The van der Waals surface area contributed by atoms with Gasteiger partial charge in [0.2, 0.25) is 0 Å². The lowest BCUT2D eigenvalue weighted by Crippen LogP contribution is -2.15. The largest absolute Gasteiger partial charge is 0.383 e. The van der Waals surface area contributed by atoms with E-state index in [1.807, 2.05) is 79.7 Å². The van der Waals surface area contributed by atoms with Crippen LogP contribution in [-0.4, -0.2) is 53.6 Å². The van der Waals surface area contributed by atoms with E-state index in [2.05, 4.69) is 125 Å². The quantitative estimate of drug-likeness (QED) is 0.0698. The predicted octanol–water partition coefficient (Wildman–Crippen LogP) is 13.1. The molecule has 9 nitrogen and oxygen atoms in total. The summed E-state index contributed by atoms with van der Waals surface area (Å²) >= 11 is 0. The van der Waals surface area contributed by atoms with Gasteiger partial charge in [-0.15, -0.1) is 0 Å². The average molecular weight is 803 g/mol. The number of rotatable bonds is 18. The van der Waals surface area contributed by atoms with Gasteiger partial charge in [0.1, 0.15) is 0 Å². The van der Waals surface area contributed by atoms with Crippen LogP contribution in [-0.2, 0) is 0 Å². The van der Waals surface area contributed by atoms with E-state index in [9.17, 15) is 14.4 Å². The highest BCUT2D eigenvalue weighted by Gasteiger charge is 2.18. The highest BCUT2D eigenvalue weighted by Crippen LogP contribution is 2.26. The molecular weight excluding hydrogens is 721 g/mol. The number of nitrogens with one attached hydrogen (secondary N) is 6. The molecule has 58 heavy (non-hydrogen) atoms. The van der Waals surface area contributed by atoms with Gasteiger partial charge >= 0.3 is 0 Å². The molecule has 326 valence electrons. The fraction of sp³-hybridized carbons (Fsp3) is 0.571. The van der Waals surface area contributed by atoms with Gasteiger partial charge in [0, 0.05) is 105 Å². The molecular formula is C49H82N6O3. The van der Waals surface area contributed by atoms with Crippen molar-refractivity contribution in [1.82, 2.24) is 0 Å². The molecule has 0 saturated heterocycles. The van der Waals surface area contributed by atoms with Crippen molar-refractivity contribution in [3.8, 4) is 0 Å². The van der Waals surface area contributed by atoms with Gasteiger partial charge in [0.05, 0.1) is 0 Å². The van der Waals surface area contributed by atoms with Crippen LogP contribution in [0.1, 0.15) is 163 Å². The zero-order chi connectivity index (χ0) is 43.7. The molecule has 0 spiro atoms. The zero-order valence-electron chi connectivity index (χ0n) is 38.6. The van der Waals surface area contributed by atoms with Crippen LogP contribution in [0.5, 0.6) is 0 Å². The summed E-state index contributed by atoms with van der Waals surface area (Å²) in [6.45, 7) is 36.7. The summed E-state index contributed by atoms with van der Waals surface area (Å²) in [7, 11) is 0. The smallest absolute Gasteiger partial charge is 0.165 e. The van der Waals surface area contributed by atoms with Crippen LogP contribution in [0.3, 0.4) is 0 Å². The number of anilines is 6. The minimum atomic E-state index is -0.0775. The minimum absolute atomic E-state index is 0. The van der Waals surface area contributed by atoms with E-state index in [0.29, 0.717) is 41.3 Å². The third-order valence-corrected chi connectivity index (χ3v) is 7.96. The van der Waals surface area contributed by atoms with Gasteiger partial charge in [-0.25, -0.2) is 0 Å². The van der Waals surface area contributed by atoms with Gasteiger partial charge in [0.15, 0.2) is 17.3 Å². The Morgan fingerprint density at radius 3 is 0.621 bits per heavy atom. The lowest BCUT2D eigenvalue weighted by atomic mass is 9.94. The standard InChI is InChI=1S/C17H25NO2.C16H26N2O.C15H27N3.CH4/c1-10(2)16(19)13-7-14(17(20)11(3)4)9-15(8-13)18-12(5)6;1-10(2)16(19)13-7-14(17-11(3)4)9-15(8-13)18-12(5)6;1-10(2)16-13-7-14(17-11(3)4)9-15(8-13)18-12(5)6;/h7-12,18H,1-6H3;7-12,17-18H,1-6H3;7-12,16-18H,1-6H3;1H4. The lowest BCUT2D eigenvalue weighted by molar-refractivity contribution is 0.0929. The number of hydrogen-bond acceptors (Lipinski definition) is 9. The zero-order valence-corrected chi connectivity index (χ0v) is 38.6. The Labute approximate surface area is 354 Å². The fourth-order valence-electron chi connectivity index (χ4n) is 5.81. The Bertz CT molecular complexity index is 1570. The van der Waals surface area contributed by atoms with E-state index in [-0.39, 0.29) is 48.6 Å². The number of hydrogen-bond donors (Lipinski definition) is 6. The van der Waals surface area contributed by atoms with Gasteiger partial charge in [-0.2, -0.15) is 0 Å². The topological polar surface area (TPSA) is 123 Å². The van der Waals surface area contributed by atoms with Gasteiger partial charge < -0.3 is 31.9 Å². The Morgan fingerprint density at radius 2 is 0.448 bits per heavy atom. The summed E-state index contributed by atoms with van der Waals surface area (Å²) < 4.78 is 0. The fourth-order valence-corrected chi connectivity index (χ4v) is 5.81. The molecule has 3 rings (SSSR count). The normalized spacial score (nSPS) is 11.0. The third-order valence-electron chi connectivity index (χ3n) is 7.96. The van der Waals surface area contributed by atoms with Crippen molar-refractivity contribution in [1.29, 1.82) is 0 Å². The number of Topliss-reactive ketones (excluding diaryl/α,β-unsaturated/α-hetero) is 3. The molecule has 0 aliphatic heterocycles. The first-order chi connectivity index (χ1) is 26.4. The first-order valence-corrected chi connectivity index (χ1v) is 21.0. The molecule has 0 unspecified atom stereocenters. The predicted molar refractivity (Wildman–Crippen MR) is 256 cm³/mol. The van der Waals surface area contributed by atoms with Gasteiger partial charge in [0.25, 0.3) is 0 Å². The van der Waals surface area contributed by atoms with E-state index >= 15 is 0 Å². The second-order valence-corrected chi connectivity index (χ2v) is 17.7. The van der Waals surface area contributed by atoms with Crippen LogP contribution in [0.15, 0.2) is 54.6 Å². The van der Waals surface area contributed by atoms with E-state index in [0.717, 1.165) is 39.7 Å². The van der Waals surface area contributed by atoms with Crippen LogP contribution in [0.2, 0.25) is 0 Å². The van der Waals surface area contributed by atoms with Crippen LogP contribution < -0.4 is 31.9 Å². The summed E-state index contributed by atoms with van der Waals surface area (Å²) in [6, 6.07) is 20.0. The van der Waals surface area contributed by atoms with Crippen molar-refractivity contribution in [3.05, 3.63) is 71.3 Å². The summed E-state index contributed by atoms with van der Waals surface area (Å²) in [5.74, 6) is 0.170. The number of carbonyl (C=O) groups excluding carboxylic acids is 3. The van der Waals surface area contributed by atoms with Crippen molar-refractivity contribution in [2.45, 2.75) is 168 Å². The second kappa shape index (κ2) is 25.8. The SMILES string of the molecule is C.CC(C)Nc1cc(C(=O)C(C)C)cc(C(=O)C(C)C)c1.CC(C)Nc1cc(NC(C)C)cc(C(=O)C(C)C)c1.CC(C)Nc1cc(NC(C)C)cc(NC(C)C)c1. The Kier molecular flexibility index (Phi) is 23.7. The number of ketones is 3. The van der Waals surface area contributed by atoms with E-state index in [1.54, 1.807) is 6.07 Å². The van der Waals surface area contributed by atoms with Crippen molar-refractivity contribution < 1.29 is 14.4 Å². The molecule has 0 fully saturated rings. The Balaban J connectivity index is 0.000000834. The second-order valence-electron chi connectivity index (χ2n) is 17.7. The molecule has 3 aromatic rings. The molecule has 0 saturated carbocycles. The molecule has 0 aromatic heterocycles. The molecule has 9 heteroatoms. The van der Waals surface area contributed by atoms with Crippen molar-refractivity contribution in [2.75, 3.05) is 31.9 Å². The Morgan fingerprint density at radius 1 is 0.293 bits per heavy atom. The van der Waals surface area contributed by atoms with Crippen LogP contribution >= 0.6 is 0 Å². The minimum Gasteiger partial charge on any atom is -0.383 e. The molecule has 0 bridgehead atoms. The summed E-state index contributed by atoms with van der Waals surface area (Å²) in [6.07, 6.45) is 0. The molecule has 6 N–H and O–H groups in total. The molecule has 0 radical (unpaired) electrons. The monoisotopic (exact) mass is 803 g/mol. The van der Waals surface area contributed by atoms with Crippen LogP contribution in [0, 0.1) is 17.8 Å². The van der Waals surface area contributed by atoms with Gasteiger partial charge in [-0.05, 0) is 138 Å². The maximum atomic E-state index is 12.2. The summed E-state index contributed by atoms with van der Waals surface area (Å²) in [4.78, 5) is 36.5. The third kappa shape index (κ3) is 20.8. The molecule has 0 aliphatic rings. The molecule has 3 aromatic carbocycles. The summed E-state index contributed by atoms with van der Waals surface area (Å²) in [5, 5.41) is 20.3. The highest BCUT2D eigenvalue weighted by molar-refractivity contribution is 6.04. The van der Waals surface area contributed by atoms with Crippen molar-refractivity contribution >= 4 is 51.5 Å².